The van der Waals surface area contributed by atoms with Crippen LogP contribution in [-0.4, -0.2) is 41.9 Å². The zero-order valence-electron chi connectivity index (χ0n) is 15.2. The van der Waals surface area contributed by atoms with Gasteiger partial charge in [-0.15, -0.1) is 0 Å². The Kier molecular flexibility index (Phi) is 3.79. The highest BCUT2D eigenvalue weighted by molar-refractivity contribution is 5.75. The zero-order valence-corrected chi connectivity index (χ0v) is 15.2. The number of ether oxygens (including phenoxy) is 3. The van der Waals surface area contributed by atoms with Crippen molar-refractivity contribution < 1.29 is 14.2 Å². The van der Waals surface area contributed by atoms with Gasteiger partial charge in [-0.1, -0.05) is 6.07 Å². The lowest BCUT2D eigenvalue weighted by Gasteiger charge is -2.47. The number of amidine groups is 1. The van der Waals surface area contributed by atoms with E-state index in [1.54, 1.807) is 19.5 Å². The fourth-order valence-corrected chi connectivity index (χ4v) is 4.70. The number of hydrogen-bond donors (Lipinski definition) is 1. The minimum absolute atomic E-state index is 0.0908. The molecule has 1 aromatic carbocycles. The summed E-state index contributed by atoms with van der Waals surface area (Å²) in [6.45, 7) is 0.432. The van der Waals surface area contributed by atoms with Gasteiger partial charge in [-0.25, -0.2) is 15.0 Å². The maximum Gasteiger partial charge on any atom is 0.283 e. The summed E-state index contributed by atoms with van der Waals surface area (Å²) >= 11 is 0. The molecule has 1 fully saturated rings. The van der Waals surface area contributed by atoms with Gasteiger partial charge in [0.1, 0.15) is 30.3 Å². The van der Waals surface area contributed by atoms with Crippen molar-refractivity contribution in [3.05, 3.63) is 42.5 Å². The SMILES string of the molecule is COC1CCC2Oc3ccc(-c4cncnc4)cc3C3(COC(N)=N3)C2C1. The summed E-state index contributed by atoms with van der Waals surface area (Å²) in [7, 11) is 1.77. The second-order valence-corrected chi connectivity index (χ2v) is 7.43. The summed E-state index contributed by atoms with van der Waals surface area (Å²) in [6.07, 6.45) is 8.23. The highest BCUT2D eigenvalue weighted by atomic mass is 16.5. The molecule has 27 heavy (non-hydrogen) atoms. The number of hydrogen-bond acceptors (Lipinski definition) is 7. The summed E-state index contributed by atoms with van der Waals surface area (Å²) in [5, 5.41) is 0. The highest BCUT2D eigenvalue weighted by Crippen LogP contribution is 2.53. The van der Waals surface area contributed by atoms with Crippen molar-refractivity contribution in [2.45, 2.75) is 37.0 Å². The van der Waals surface area contributed by atoms with Crippen molar-refractivity contribution in [2.24, 2.45) is 16.6 Å². The van der Waals surface area contributed by atoms with Gasteiger partial charge in [0.2, 0.25) is 0 Å². The number of aliphatic imine (C=N–C) groups is 1. The van der Waals surface area contributed by atoms with Crippen molar-refractivity contribution >= 4 is 6.02 Å². The maximum absolute atomic E-state index is 6.39. The number of benzene rings is 1. The van der Waals surface area contributed by atoms with Crippen LogP contribution in [0.25, 0.3) is 11.1 Å². The average molecular weight is 366 g/mol. The standard InChI is InChI=1S/C20H22N4O3/c1-25-14-3-5-18-16(7-14)20(10-26-19(21)24-20)15-6-12(2-4-17(15)27-18)13-8-22-11-23-9-13/h2,4,6,8-9,11,14,16,18H,3,5,7,10H2,1H3,(H2,21,24). The van der Waals surface area contributed by atoms with Crippen molar-refractivity contribution in [3.63, 3.8) is 0 Å². The molecule has 0 saturated heterocycles. The van der Waals surface area contributed by atoms with Gasteiger partial charge in [0.15, 0.2) is 0 Å². The fraction of sp³-hybridized carbons (Fsp3) is 0.450. The van der Waals surface area contributed by atoms with E-state index in [0.717, 1.165) is 41.7 Å². The van der Waals surface area contributed by atoms with Crippen LogP contribution in [0.3, 0.4) is 0 Å². The molecular weight excluding hydrogens is 344 g/mol. The molecule has 2 aromatic rings. The average Bonchev–Trinajstić information content (AvgIpc) is 3.11. The van der Waals surface area contributed by atoms with E-state index in [1.165, 1.54) is 6.33 Å². The molecule has 5 rings (SSSR count). The lowest BCUT2D eigenvalue weighted by Crippen LogP contribution is -2.52. The quantitative estimate of drug-likeness (QED) is 0.876. The first kappa shape index (κ1) is 16.5. The Bertz CT molecular complexity index is 888. The molecule has 140 valence electrons. The number of rotatable bonds is 2. The molecule has 3 heterocycles. The van der Waals surface area contributed by atoms with Crippen LogP contribution in [0, 0.1) is 5.92 Å². The second-order valence-electron chi connectivity index (χ2n) is 7.43. The third-order valence-electron chi connectivity index (χ3n) is 6.05. The number of nitrogens with zero attached hydrogens (tertiary/aromatic N) is 3. The van der Waals surface area contributed by atoms with Gasteiger partial charge in [0.05, 0.1) is 6.10 Å². The van der Waals surface area contributed by atoms with E-state index in [1.807, 2.05) is 12.1 Å². The Morgan fingerprint density at radius 2 is 2.04 bits per heavy atom. The minimum atomic E-state index is -0.537. The van der Waals surface area contributed by atoms with Crippen LogP contribution in [0.5, 0.6) is 5.75 Å². The number of fused-ring (bicyclic) bond motifs is 4. The van der Waals surface area contributed by atoms with E-state index in [0.29, 0.717) is 6.61 Å². The summed E-state index contributed by atoms with van der Waals surface area (Å²) in [4.78, 5) is 13.1. The Morgan fingerprint density at radius 3 is 2.78 bits per heavy atom. The van der Waals surface area contributed by atoms with Gasteiger partial charge in [-0.05, 0) is 37.0 Å². The second kappa shape index (κ2) is 6.20. The molecule has 1 aliphatic carbocycles. The maximum atomic E-state index is 6.39. The summed E-state index contributed by atoms with van der Waals surface area (Å²) in [6, 6.07) is 6.42. The Balaban J connectivity index is 1.64. The lowest BCUT2D eigenvalue weighted by molar-refractivity contribution is -0.0490. The topological polar surface area (TPSA) is 91.8 Å². The molecule has 4 atom stereocenters. The first-order valence-corrected chi connectivity index (χ1v) is 9.27. The molecule has 7 heteroatoms. The molecule has 1 spiro atoms. The van der Waals surface area contributed by atoms with Crippen LogP contribution in [-0.2, 0) is 15.0 Å². The number of aromatic nitrogens is 2. The van der Waals surface area contributed by atoms with E-state index >= 15 is 0 Å². The van der Waals surface area contributed by atoms with Crippen molar-refractivity contribution in [1.82, 2.24) is 9.97 Å². The molecule has 1 saturated carbocycles. The molecule has 0 bridgehead atoms. The van der Waals surface area contributed by atoms with Crippen LogP contribution in [0.1, 0.15) is 24.8 Å². The summed E-state index contributed by atoms with van der Waals surface area (Å²) < 4.78 is 17.7. The van der Waals surface area contributed by atoms with Crippen molar-refractivity contribution in [3.8, 4) is 16.9 Å². The molecule has 1 aromatic heterocycles. The van der Waals surface area contributed by atoms with Crippen molar-refractivity contribution in [2.75, 3.05) is 13.7 Å². The monoisotopic (exact) mass is 366 g/mol. The van der Waals surface area contributed by atoms with E-state index in [2.05, 4.69) is 16.0 Å². The Hall–Kier alpha value is -2.67. The van der Waals surface area contributed by atoms with E-state index in [-0.39, 0.29) is 24.1 Å². The van der Waals surface area contributed by atoms with Gasteiger partial charge in [0, 0.05) is 36.5 Å². The van der Waals surface area contributed by atoms with Crippen molar-refractivity contribution in [1.29, 1.82) is 0 Å². The molecular formula is C20H22N4O3. The van der Waals surface area contributed by atoms with Gasteiger partial charge in [-0.2, -0.15) is 0 Å². The van der Waals surface area contributed by atoms with E-state index in [9.17, 15) is 0 Å². The fourth-order valence-electron chi connectivity index (χ4n) is 4.70. The van der Waals surface area contributed by atoms with Gasteiger partial charge in [-0.3, -0.25) is 0 Å². The largest absolute Gasteiger partial charge is 0.490 e. The van der Waals surface area contributed by atoms with Crippen LogP contribution in [0.4, 0.5) is 0 Å². The highest BCUT2D eigenvalue weighted by Gasteiger charge is 2.55. The summed E-state index contributed by atoms with van der Waals surface area (Å²) in [5.74, 6) is 1.02. The minimum Gasteiger partial charge on any atom is -0.490 e. The normalized spacial score (nSPS) is 31.4. The molecule has 4 unspecified atom stereocenters. The van der Waals surface area contributed by atoms with Crippen LogP contribution >= 0.6 is 0 Å². The lowest BCUT2D eigenvalue weighted by atomic mass is 9.67. The molecule has 2 aliphatic heterocycles. The van der Waals surface area contributed by atoms with Crippen LogP contribution in [0.15, 0.2) is 41.9 Å². The van der Waals surface area contributed by atoms with E-state index in [4.69, 9.17) is 24.9 Å². The number of methoxy groups -OCH3 is 1. The van der Waals surface area contributed by atoms with Gasteiger partial charge in [0.25, 0.3) is 6.02 Å². The molecule has 2 N–H and O–H groups in total. The molecule has 0 radical (unpaired) electrons. The Labute approximate surface area is 157 Å². The third kappa shape index (κ3) is 2.56. The summed E-state index contributed by atoms with van der Waals surface area (Å²) in [5.41, 5.74) is 8.43. The molecule has 3 aliphatic rings. The predicted molar refractivity (Wildman–Crippen MR) is 99.3 cm³/mol. The third-order valence-corrected chi connectivity index (χ3v) is 6.05. The Morgan fingerprint density at radius 1 is 1.19 bits per heavy atom. The first-order valence-electron chi connectivity index (χ1n) is 9.27. The van der Waals surface area contributed by atoms with Gasteiger partial charge < -0.3 is 19.9 Å². The van der Waals surface area contributed by atoms with Gasteiger partial charge >= 0.3 is 0 Å². The number of nitrogens with two attached hydrogens (primary N) is 1. The zero-order chi connectivity index (χ0) is 18.4. The van der Waals surface area contributed by atoms with Crippen LogP contribution < -0.4 is 10.5 Å². The van der Waals surface area contributed by atoms with Crippen LogP contribution in [0.2, 0.25) is 0 Å². The van der Waals surface area contributed by atoms with E-state index < -0.39 is 5.54 Å². The predicted octanol–water partition coefficient (Wildman–Crippen LogP) is 2.26. The molecule has 0 amide bonds. The smallest absolute Gasteiger partial charge is 0.283 e. The first-order chi connectivity index (χ1) is 13.2. The molecule has 7 nitrogen and oxygen atoms in total.